The summed E-state index contributed by atoms with van der Waals surface area (Å²) in [4.78, 5) is 22.8. The van der Waals surface area contributed by atoms with Crippen LogP contribution in [0.25, 0.3) is 0 Å². The second-order valence-corrected chi connectivity index (χ2v) is 18.3. The molecule has 0 aliphatic heterocycles. The molecule has 0 aromatic carbocycles. The molecule has 0 saturated carbocycles. The van der Waals surface area contributed by atoms with Gasteiger partial charge in [0.25, 0.3) is 0 Å². The van der Waals surface area contributed by atoms with Crippen molar-refractivity contribution in [3.63, 3.8) is 0 Å². The molecule has 0 rings (SSSR count). The zero-order valence-electron chi connectivity index (χ0n) is 37.9. The van der Waals surface area contributed by atoms with Gasteiger partial charge in [-0.3, -0.25) is 13.8 Å². The third kappa shape index (κ3) is 41.7. The molecule has 0 fully saturated rings. The van der Waals surface area contributed by atoms with Gasteiger partial charge in [-0.2, -0.15) is 0 Å². The van der Waals surface area contributed by atoms with Gasteiger partial charge >= 0.3 is 7.82 Å². The number of carbonyl (C=O) groups is 1. The Bertz CT molecular complexity index is 982. The summed E-state index contributed by atoms with van der Waals surface area (Å²) in [7, 11) is -4.40. The number of phosphoric acid groups is 1. The standard InChI is InChI=1S/C48H95N2O7P/c1-3-5-7-9-11-13-15-17-19-21-22-24-26-28-30-32-34-36-38-40-47(52)46(44-57-58(54,55)56-42-41-49)50-48(53)43-45(51)39-37-35-33-31-29-27-25-23-20-18-16-14-12-10-8-6-4-2/h23,25,38,40,45-47,51-52H,3-22,24,26-37,39,41-44,49H2,1-2H3,(H,50,53)(H,54,55)/b25-23-,40-38+. The van der Waals surface area contributed by atoms with Gasteiger partial charge in [0.2, 0.25) is 5.91 Å². The van der Waals surface area contributed by atoms with E-state index in [1.807, 2.05) is 6.08 Å². The number of nitrogens with one attached hydrogen (secondary N) is 1. The highest BCUT2D eigenvalue weighted by atomic mass is 31.2. The average molecular weight is 843 g/mol. The highest BCUT2D eigenvalue weighted by Crippen LogP contribution is 2.43. The van der Waals surface area contributed by atoms with Gasteiger partial charge in [-0.05, 0) is 44.9 Å². The summed E-state index contributed by atoms with van der Waals surface area (Å²) in [5.74, 6) is -0.448. The Labute approximate surface area is 358 Å². The number of unbranched alkanes of at least 4 members (excludes halogenated alkanes) is 30. The normalized spacial score (nSPS) is 14.7. The number of nitrogens with two attached hydrogens (primary N) is 1. The Morgan fingerprint density at radius 3 is 1.38 bits per heavy atom. The van der Waals surface area contributed by atoms with Crippen LogP contribution in [-0.4, -0.2) is 59.0 Å². The predicted molar refractivity (Wildman–Crippen MR) is 246 cm³/mol. The van der Waals surface area contributed by atoms with Crippen LogP contribution in [0.15, 0.2) is 24.3 Å². The Hall–Kier alpha value is -1.06. The van der Waals surface area contributed by atoms with Crippen LogP contribution in [0.2, 0.25) is 0 Å². The van der Waals surface area contributed by atoms with Crippen molar-refractivity contribution in [3.8, 4) is 0 Å². The van der Waals surface area contributed by atoms with Crippen molar-refractivity contribution in [2.45, 2.75) is 257 Å². The molecule has 0 spiro atoms. The van der Waals surface area contributed by atoms with Crippen LogP contribution in [-0.2, 0) is 18.4 Å². The molecule has 0 aliphatic carbocycles. The molecule has 6 N–H and O–H groups in total. The fraction of sp³-hybridized carbons (Fsp3) is 0.896. The lowest BCUT2D eigenvalue weighted by molar-refractivity contribution is -0.124. The Balaban J connectivity index is 4.25. The van der Waals surface area contributed by atoms with Crippen LogP contribution in [0.4, 0.5) is 0 Å². The van der Waals surface area contributed by atoms with Gasteiger partial charge < -0.3 is 26.2 Å². The van der Waals surface area contributed by atoms with Gasteiger partial charge in [0.15, 0.2) is 0 Å². The second-order valence-electron chi connectivity index (χ2n) is 16.9. The van der Waals surface area contributed by atoms with Crippen molar-refractivity contribution < 1.29 is 33.5 Å². The molecule has 10 heteroatoms. The molecular weight excluding hydrogens is 748 g/mol. The lowest BCUT2D eigenvalue weighted by atomic mass is 10.0. The Morgan fingerprint density at radius 1 is 0.586 bits per heavy atom. The molecule has 4 atom stereocenters. The van der Waals surface area contributed by atoms with Crippen molar-refractivity contribution in [1.82, 2.24) is 5.32 Å². The number of aliphatic hydroxyl groups excluding tert-OH is 2. The summed E-state index contributed by atoms with van der Waals surface area (Å²) in [5, 5.41) is 24.1. The molecule has 0 saturated heterocycles. The van der Waals surface area contributed by atoms with E-state index in [1.54, 1.807) is 6.08 Å². The van der Waals surface area contributed by atoms with Crippen molar-refractivity contribution in [2.24, 2.45) is 5.73 Å². The van der Waals surface area contributed by atoms with Crippen LogP contribution in [0, 0.1) is 0 Å². The van der Waals surface area contributed by atoms with Crippen LogP contribution in [0.1, 0.15) is 239 Å². The van der Waals surface area contributed by atoms with Crippen LogP contribution < -0.4 is 11.1 Å². The van der Waals surface area contributed by atoms with E-state index in [0.717, 1.165) is 51.4 Å². The molecule has 9 nitrogen and oxygen atoms in total. The number of rotatable bonds is 46. The first-order valence-electron chi connectivity index (χ1n) is 24.5. The number of hydrogen-bond donors (Lipinski definition) is 5. The molecule has 0 aromatic rings. The first-order valence-corrected chi connectivity index (χ1v) is 26.0. The zero-order valence-corrected chi connectivity index (χ0v) is 38.8. The summed E-state index contributed by atoms with van der Waals surface area (Å²) in [6, 6.07) is -0.983. The maximum Gasteiger partial charge on any atom is 0.472 e. The molecule has 4 unspecified atom stereocenters. The number of aliphatic hydroxyl groups is 2. The predicted octanol–water partition coefficient (Wildman–Crippen LogP) is 13.1. The maximum absolute atomic E-state index is 12.8. The summed E-state index contributed by atoms with van der Waals surface area (Å²) in [6.07, 6.45) is 48.3. The van der Waals surface area contributed by atoms with Crippen molar-refractivity contribution in [2.75, 3.05) is 19.8 Å². The number of hydrogen-bond acceptors (Lipinski definition) is 7. The van der Waals surface area contributed by atoms with Gasteiger partial charge in [-0.25, -0.2) is 4.57 Å². The van der Waals surface area contributed by atoms with E-state index in [1.165, 1.54) is 161 Å². The third-order valence-electron chi connectivity index (χ3n) is 11.1. The van der Waals surface area contributed by atoms with Crippen molar-refractivity contribution in [1.29, 1.82) is 0 Å². The van der Waals surface area contributed by atoms with Gasteiger partial charge in [0.1, 0.15) is 0 Å². The van der Waals surface area contributed by atoms with Gasteiger partial charge in [0, 0.05) is 6.54 Å². The number of amides is 1. The minimum absolute atomic E-state index is 0.0491. The minimum atomic E-state index is -4.40. The topological polar surface area (TPSA) is 151 Å². The molecule has 0 bridgehead atoms. The monoisotopic (exact) mass is 843 g/mol. The average Bonchev–Trinajstić information content (AvgIpc) is 3.20. The van der Waals surface area contributed by atoms with Gasteiger partial charge in [0.05, 0.1) is 37.9 Å². The summed E-state index contributed by atoms with van der Waals surface area (Å²) < 4.78 is 22.1. The number of allylic oxidation sites excluding steroid dienone is 3. The Morgan fingerprint density at radius 2 is 0.966 bits per heavy atom. The zero-order chi connectivity index (χ0) is 42.6. The van der Waals surface area contributed by atoms with Crippen LogP contribution >= 0.6 is 7.82 Å². The first-order chi connectivity index (χ1) is 28.3. The van der Waals surface area contributed by atoms with E-state index >= 15 is 0 Å². The second kappa shape index (κ2) is 44.0. The molecule has 0 aliphatic rings. The molecule has 58 heavy (non-hydrogen) atoms. The van der Waals surface area contributed by atoms with Crippen molar-refractivity contribution in [3.05, 3.63) is 24.3 Å². The highest BCUT2D eigenvalue weighted by molar-refractivity contribution is 7.47. The SMILES string of the molecule is CCCCCCCCCC/C=C\CCCCCCCC(O)CC(=O)NC(COP(=O)(O)OCCN)C(O)/C=C/CCCCCCCCCCCCCCCCCCC. The third-order valence-corrected chi connectivity index (χ3v) is 12.1. The quantitative estimate of drug-likeness (QED) is 0.0231. The maximum atomic E-state index is 12.8. The largest absolute Gasteiger partial charge is 0.472 e. The summed E-state index contributed by atoms with van der Waals surface area (Å²) in [5.41, 5.74) is 5.38. The smallest absolute Gasteiger partial charge is 0.393 e. The molecular formula is C48H95N2O7P. The molecule has 0 radical (unpaired) electrons. The Kier molecular flexibility index (Phi) is 43.2. The molecule has 0 aromatic heterocycles. The molecule has 344 valence electrons. The van der Waals surface area contributed by atoms with Crippen LogP contribution in [0.3, 0.4) is 0 Å². The summed E-state index contributed by atoms with van der Waals surface area (Å²) in [6.45, 7) is 3.99. The van der Waals surface area contributed by atoms with E-state index < -0.39 is 38.6 Å². The fourth-order valence-corrected chi connectivity index (χ4v) is 8.11. The van der Waals surface area contributed by atoms with E-state index in [9.17, 15) is 24.5 Å². The molecule has 1 amide bonds. The number of carbonyl (C=O) groups excluding carboxylic acids is 1. The first kappa shape index (κ1) is 56.9. The van der Waals surface area contributed by atoms with E-state index in [0.29, 0.717) is 6.42 Å². The fourth-order valence-electron chi connectivity index (χ4n) is 7.35. The minimum Gasteiger partial charge on any atom is -0.393 e. The van der Waals surface area contributed by atoms with Crippen LogP contribution in [0.5, 0.6) is 0 Å². The molecule has 0 heterocycles. The number of phosphoric ester groups is 1. The van der Waals surface area contributed by atoms with Gasteiger partial charge in [-0.15, -0.1) is 0 Å². The summed E-state index contributed by atoms with van der Waals surface area (Å²) >= 11 is 0. The van der Waals surface area contributed by atoms with E-state index in [2.05, 4.69) is 31.3 Å². The van der Waals surface area contributed by atoms with Crippen molar-refractivity contribution >= 4 is 13.7 Å². The van der Waals surface area contributed by atoms with Gasteiger partial charge in [-0.1, -0.05) is 212 Å². The van der Waals surface area contributed by atoms with E-state index in [4.69, 9.17) is 14.8 Å². The lowest BCUT2D eigenvalue weighted by Crippen LogP contribution is -2.46. The highest BCUT2D eigenvalue weighted by Gasteiger charge is 2.27. The lowest BCUT2D eigenvalue weighted by Gasteiger charge is -2.24. The van der Waals surface area contributed by atoms with E-state index in [-0.39, 0.29) is 19.6 Å².